The number of amides is 1. The lowest BCUT2D eigenvalue weighted by molar-refractivity contribution is -0.123. The average Bonchev–Trinajstić information content (AvgIpc) is 2.93. The van der Waals surface area contributed by atoms with Crippen molar-refractivity contribution in [2.24, 2.45) is 0 Å². The van der Waals surface area contributed by atoms with Gasteiger partial charge >= 0.3 is 0 Å². The fourth-order valence-electron chi connectivity index (χ4n) is 2.64. The molecule has 0 heterocycles. The van der Waals surface area contributed by atoms with Crippen LogP contribution in [0, 0.1) is 0 Å². The minimum atomic E-state index is -0.216. The summed E-state index contributed by atoms with van der Waals surface area (Å²) in [6.07, 6.45) is 1.19. The van der Waals surface area contributed by atoms with E-state index in [2.05, 4.69) is 5.32 Å². The first-order valence-corrected chi connectivity index (χ1v) is 7.80. The van der Waals surface area contributed by atoms with Crippen LogP contribution < -0.4 is 10.1 Å². The number of ether oxygens (including phenoxy) is 1. The maximum absolute atomic E-state index is 11.9. The Hall–Kier alpha value is -2.33. The normalized spacial score (nSPS) is 12.8. The topological polar surface area (TPSA) is 55.4 Å². The van der Waals surface area contributed by atoms with Crippen LogP contribution in [0.1, 0.15) is 27.9 Å². The first-order valence-electron chi connectivity index (χ1n) is 7.42. The van der Waals surface area contributed by atoms with Crippen molar-refractivity contribution in [1.29, 1.82) is 0 Å². The SMILES string of the molecule is O=C(COc1cccc2c1CCC2=O)NCc1cccc(Cl)c1. The Bertz CT molecular complexity index is 758. The summed E-state index contributed by atoms with van der Waals surface area (Å²) < 4.78 is 5.58. The summed E-state index contributed by atoms with van der Waals surface area (Å²) in [5, 5.41) is 3.42. The van der Waals surface area contributed by atoms with Crippen LogP contribution in [0.4, 0.5) is 0 Å². The van der Waals surface area contributed by atoms with Gasteiger partial charge in [-0.15, -0.1) is 0 Å². The molecule has 1 aliphatic rings. The Morgan fingerprint density at radius 3 is 2.83 bits per heavy atom. The fourth-order valence-corrected chi connectivity index (χ4v) is 2.85. The molecule has 0 bridgehead atoms. The molecule has 0 aromatic heterocycles. The fraction of sp³-hybridized carbons (Fsp3) is 0.222. The molecule has 2 aromatic carbocycles. The van der Waals surface area contributed by atoms with E-state index in [0.717, 1.165) is 11.1 Å². The van der Waals surface area contributed by atoms with Crippen molar-refractivity contribution in [2.45, 2.75) is 19.4 Å². The van der Waals surface area contributed by atoms with Gasteiger partial charge in [0, 0.05) is 29.1 Å². The average molecular weight is 330 g/mol. The van der Waals surface area contributed by atoms with Crippen molar-refractivity contribution in [3.05, 3.63) is 64.2 Å². The van der Waals surface area contributed by atoms with Crippen molar-refractivity contribution in [1.82, 2.24) is 5.32 Å². The number of hydrogen-bond acceptors (Lipinski definition) is 3. The molecule has 1 amide bonds. The van der Waals surface area contributed by atoms with Crippen LogP contribution in [-0.2, 0) is 17.8 Å². The van der Waals surface area contributed by atoms with Crippen LogP contribution in [0.3, 0.4) is 0 Å². The molecule has 0 radical (unpaired) electrons. The molecular formula is C18H16ClNO3. The number of halogens is 1. The Morgan fingerprint density at radius 2 is 2.00 bits per heavy atom. The van der Waals surface area contributed by atoms with E-state index in [0.29, 0.717) is 35.7 Å². The maximum Gasteiger partial charge on any atom is 0.258 e. The summed E-state index contributed by atoms with van der Waals surface area (Å²) in [6.45, 7) is 0.319. The number of carbonyl (C=O) groups excluding carboxylic acids is 2. The molecule has 0 saturated carbocycles. The molecule has 1 N–H and O–H groups in total. The third kappa shape index (κ3) is 3.71. The van der Waals surface area contributed by atoms with E-state index >= 15 is 0 Å². The minimum Gasteiger partial charge on any atom is -0.483 e. The molecule has 0 atom stereocenters. The van der Waals surface area contributed by atoms with Crippen molar-refractivity contribution < 1.29 is 14.3 Å². The molecule has 4 nitrogen and oxygen atoms in total. The molecule has 3 rings (SSSR count). The molecule has 5 heteroatoms. The van der Waals surface area contributed by atoms with E-state index in [1.165, 1.54) is 0 Å². The van der Waals surface area contributed by atoms with E-state index in [4.69, 9.17) is 16.3 Å². The summed E-state index contributed by atoms with van der Waals surface area (Å²) in [5.41, 5.74) is 2.54. The number of rotatable bonds is 5. The van der Waals surface area contributed by atoms with Gasteiger partial charge in [-0.2, -0.15) is 0 Å². The van der Waals surface area contributed by atoms with Crippen molar-refractivity contribution in [3.8, 4) is 5.75 Å². The quantitative estimate of drug-likeness (QED) is 0.916. The van der Waals surface area contributed by atoms with Crippen molar-refractivity contribution >= 4 is 23.3 Å². The summed E-state index contributed by atoms with van der Waals surface area (Å²) in [5.74, 6) is 0.536. The summed E-state index contributed by atoms with van der Waals surface area (Å²) >= 11 is 5.90. The van der Waals surface area contributed by atoms with Gasteiger partial charge < -0.3 is 10.1 Å². The van der Waals surface area contributed by atoms with Crippen LogP contribution in [0.2, 0.25) is 5.02 Å². The van der Waals surface area contributed by atoms with Gasteiger partial charge in [-0.05, 0) is 30.2 Å². The van der Waals surface area contributed by atoms with Gasteiger partial charge in [-0.3, -0.25) is 9.59 Å². The Balaban J connectivity index is 1.55. The number of hydrogen-bond donors (Lipinski definition) is 1. The number of nitrogens with one attached hydrogen (secondary N) is 1. The largest absolute Gasteiger partial charge is 0.483 e. The highest BCUT2D eigenvalue weighted by Crippen LogP contribution is 2.30. The van der Waals surface area contributed by atoms with Crippen LogP contribution in [0.15, 0.2) is 42.5 Å². The monoisotopic (exact) mass is 329 g/mol. The third-order valence-electron chi connectivity index (χ3n) is 3.77. The van der Waals surface area contributed by atoms with Crippen LogP contribution in [0.5, 0.6) is 5.75 Å². The van der Waals surface area contributed by atoms with Gasteiger partial charge in [0.15, 0.2) is 12.4 Å². The molecule has 118 valence electrons. The predicted molar refractivity (Wildman–Crippen MR) is 87.9 cm³/mol. The molecule has 0 aliphatic heterocycles. The zero-order chi connectivity index (χ0) is 16.2. The second-order valence-corrected chi connectivity index (χ2v) is 5.84. The molecule has 23 heavy (non-hydrogen) atoms. The summed E-state index contributed by atoms with van der Waals surface area (Å²) in [6, 6.07) is 12.7. The van der Waals surface area contributed by atoms with E-state index < -0.39 is 0 Å². The highest BCUT2D eigenvalue weighted by atomic mass is 35.5. The lowest BCUT2D eigenvalue weighted by Crippen LogP contribution is -2.28. The Morgan fingerprint density at radius 1 is 1.17 bits per heavy atom. The van der Waals surface area contributed by atoms with E-state index in [1.54, 1.807) is 30.3 Å². The smallest absolute Gasteiger partial charge is 0.258 e. The number of benzene rings is 2. The summed E-state index contributed by atoms with van der Waals surface area (Å²) in [7, 11) is 0. The molecule has 0 unspecified atom stereocenters. The highest BCUT2D eigenvalue weighted by Gasteiger charge is 2.22. The van der Waals surface area contributed by atoms with Gasteiger partial charge in [0.2, 0.25) is 0 Å². The molecule has 0 fully saturated rings. The van der Waals surface area contributed by atoms with Crippen LogP contribution >= 0.6 is 11.6 Å². The first-order chi connectivity index (χ1) is 11.1. The van der Waals surface area contributed by atoms with Crippen molar-refractivity contribution in [3.63, 3.8) is 0 Å². The zero-order valence-corrected chi connectivity index (χ0v) is 13.2. The predicted octanol–water partition coefficient (Wildman–Crippen LogP) is 3.16. The lowest BCUT2D eigenvalue weighted by atomic mass is 10.1. The molecule has 0 saturated heterocycles. The molecule has 0 spiro atoms. The maximum atomic E-state index is 11.9. The number of ketones is 1. The Labute approximate surface area is 139 Å². The van der Waals surface area contributed by atoms with E-state index in [-0.39, 0.29) is 18.3 Å². The van der Waals surface area contributed by atoms with Crippen LogP contribution in [-0.4, -0.2) is 18.3 Å². The van der Waals surface area contributed by atoms with E-state index in [9.17, 15) is 9.59 Å². The third-order valence-corrected chi connectivity index (χ3v) is 4.01. The second-order valence-electron chi connectivity index (χ2n) is 5.40. The van der Waals surface area contributed by atoms with Gasteiger partial charge in [-0.1, -0.05) is 35.9 Å². The highest BCUT2D eigenvalue weighted by molar-refractivity contribution is 6.30. The second kappa shape index (κ2) is 6.84. The molecule has 1 aliphatic carbocycles. The number of fused-ring (bicyclic) bond motifs is 1. The molecular weight excluding hydrogens is 314 g/mol. The van der Waals surface area contributed by atoms with E-state index in [1.807, 2.05) is 12.1 Å². The Kier molecular flexibility index (Phi) is 4.63. The lowest BCUT2D eigenvalue weighted by Gasteiger charge is -2.10. The number of Topliss-reactive ketones (excluding diaryl/α,β-unsaturated/α-hetero) is 1. The van der Waals surface area contributed by atoms with Gasteiger partial charge in [0.05, 0.1) is 0 Å². The van der Waals surface area contributed by atoms with Gasteiger partial charge in [-0.25, -0.2) is 0 Å². The van der Waals surface area contributed by atoms with Gasteiger partial charge in [0.25, 0.3) is 5.91 Å². The van der Waals surface area contributed by atoms with Crippen molar-refractivity contribution in [2.75, 3.05) is 6.61 Å². The number of carbonyl (C=O) groups is 2. The summed E-state index contributed by atoms with van der Waals surface area (Å²) in [4.78, 5) is 23.6. The standard InChI is InChI=1S/C18H16ClNO3/c19-13-4-1-3-12(9-13)10-20-18(22)11-23-17-6-2-5-14-15(17)7-8-16(14)21/h1-6,9H,7-8,10-11H2,(H,20,22). The molecule has 2 aromatic rings. The first kappa shape index (κ1) is 15.6. The minimum absolute atomic E-state index is 0.0782. The zero-order valence-electron chi connectivity index (χ0n) is 12.5. The van der Waals surface area contributed by atoms with Crippen LogP contribution in [0.25, 0.3) is 0 Å². The van der Waals surface area contributed by atoms with Gasteiger partial charge in [0.1, 0.15) is 5.75 Å².